The van der Waals surface area contributed by atoms with Crippen LogP contribution in [0.2, 0.25) is 0 Å². The van der Waals surface area contributed by atoms with E-state index < -0.39 is 0 Å². The van der Waals surface area contributed by atoms with E-state index in [0.29, 0.717) is 36.1 Å². The van der Waals surface area contributed by atoms with Gasteiger partial charge in [0.15, 0.2) is 5.69 Å². The van der Waals surface area contributed by atoms with Gasteiger partial charge in [-0.25, -0.2) is 4.68 Å². The summed E-state index contributed by atoms with van der Waals surface area (Å²) in [4.78, 5) is 27.9. The Kier molecular flexibility index (Phi) is 6.01. The zero-order valence-electron chi connectivity index (χ0n) is 15.9. The summed E-state index contributed by atoms with van der Waals surface area (Å²) in [6, 6.07) is 16.9. The average Bonchev–Trinajstić information content (AvgIpc) is 2.70. The molecule has 0 N–H and O–H groups in total. The molecule has 2 aromatic carbocycles. The van der Waals surface area contributed by atoms with Crippen LogP contribution >= 0.6 is 0 Å². The van der Waals surface area contributed by atoms with Crippen molar-refractivity contribution in [2.45, 2.75) is 33.2 Å². The van der Waals surface area contributed by atoms with E-state index in [4.69, 9.17) is 0 Å². The number of benzene rings is 2. The van der Waals surface area contributed by atoms with Crippen molar-refractivity contribution in [2.75, 3.05) is 13.1 Å². The molecule has 1 amide bonds. The van der Waals surface area contributed by atoms with Gasteiger partial charge in [0.1, 0.15) is 0 Å². The standard InChI is InChI=1S/C22H25N3O2/c1-3-14-24(15-4-2)22(27)20-18-12-8-9-13-19(18)21(26)25(23-20)16-17-10-6-5-7-11-17/h5-13H,3-4,14-16H2,1-2H3. The number of carbonyl (C=O) groups excluding carboxylic acids is 1. The number of fused-ring (bicyclic) bond motifs is 1. The SMILES string of the molecule is CCCN(CCC)C(=O)c1nn(Cc2ccccc2)c(=O)c2ccccc12. The molecule has 0 aliphatic rings. The molecule has 0 atom stereocenters. The number of amides is 1. The fourth-order valence-electron chi connectivity index (χ4n) is 3.26. The van der Waals surface area contributed by atoms with E-state index >= 15 is 0 Å². The molecule has 27 heavy (non-hydrogen) atoms. The van der Waals surface area contributed by atoms with Crippen molar-refractivity contribution in [3.63, 3.8) is 0 Å². The molecule has 0 spiro atoms. The Balaban J connectivity index is 2.12. The molecule has 0 fully saturated rings. The third kappa shape index (κ3) is 4.08. The average molecular weight is 363 g/mol. The van der Waals surface area contributed by atoms with Crippen molar-refractivity contribution < 1.29 is 4.79 Å². The van der Waals surface area contributed by atoms with Gasteiger partial charge in [-0.3, -0.25) is 9.59 Å². The predicted molar refractivity (Wildman–Crippen MR) is 108 cm³/mol. The van der Waals surface area contributed by atoms with Gasteiger partial charge in [0.2, 0.25) is 0 Å². The van der Waals surface area contributed by atoms with Crippen LogP contribution in [0.3, 0.4) is 0 Å². The first-order chi connectivity index (χ1) is 13.2. The molecule has 0 bridgehead atoms. The quantitative estimate of drug-likeness (QED) is 0.643. The van der Waals surface area contributed by atoms with Crippen LogP contribution in [0.1, 0.15) is 42.7 Å². The number of rotatable bonds is 7. The Hall–Kier alpha value is -2.95. The number of hydrogen-bond acceptors (Lipinski definition) is 3. The Morgan fingerprint density at radius 2 is 1.52 bits per heavy atom. The van der Waals surface area contributed by atoms with Gasteiger partial charge in [0.05, 0.1) is 11.9 Å². The van der Waals surface area contributed by atoms with Crippen LogP contribution in [0.15, 0.2) is 59.4 Å². The summed E-state index contributed by atoms with van der Waals surface area (Å²) in [6.45, 7) is 5.81. The lowest BCUT2D eigenvalue weighted by atomic mass is 10.1. The summed E-state index contributed by atoms with van der Waals surface area (Å²) in [6.07, 6.45) is 1.76. The van der Waals surface area contributed by atoms with Crippen molar-refractivity contribution in [1.82, 2.24) is 14.7 Å². The van der Waals surface area contributed by atoms with Crippen LogP contribution in [0.25, 0.3) is 10.8 Å². The number of hydrogen-bond donors (Lipinski definition) is 0. The smallest absolute Gasteiger partial charge is 0.274 e. The van der Waals surface area contributed by atoms with Crippen molar-refractivity contribution in [1.29, 1.82) is 0 Å². The largest absolute Gasteiger partial charge is 0.337 e. The third-order valence-corrected chi connectivity index (χ3v) is 4.52. The zero-order chi connectivity index (χ0) is 19.2. The molecule has 0 saturated heterocycles. The normalized spacial score (nSPS) is 10.9. The van der Waals surface area contributed by atoms with Crippen LogP contribution < -0.4 is 5.56 Å². The van der Waals surface area contributed by atoms with Crippen LogP contribution in [-0.2, 0) is 6.54 Å². The van der Waals surface area contributed by atoms with Crippen molar-refractivity contribution >= 4 is 16.7 Å². The van der Waals surface area contributed by atoms with Gasteiger partial charge in [-0.05, 0) is 24.5 Å². The van der Waals surface area contributed by atoms with Crippen LogP contribution in [-0.4, -0.2) is 33.7 Å². The number of carbonyl (C=O) groups is 1. The minimum absolute atomic E-state index is 0.114. The second kappa shape index (κ2) is 8.62. The fourth-order valence-corrected chi connectivity index (χ4v) is 3.26. The van der Waals surface area contributed by atoms with Gasteiger partial charge < -0.3 is 4.90 Å². The molecule has 5 nitrogen and oxygen atoms in total. The Morgan fingerprint density at radius 3 is 2.15 bits per heavy atom. The minimum atomic E-state index is -0.177. The van der Waals surface area contributed by atoms with E-state index in [9.17, 15) is 9.59 Å². The number of nitrogens with zero attached hydrogens (tertiary/aromatic N) is 3. The van der Waals surface area contributed by atoms with Crippen LogP contribution in [0, 0.1) is 0 Å². The molecule has 0 aliphatic carbocycles. The monoisotopic (exact) mass is 363 g/mol. The number of aromatic nitrogens is 2. The van der Waals surface area contributed by atoms with Gasteiger partial charge >= 0.3 is 0 Å². The molecule has 1 heterocycles. The summed E-state index contributed by atoms with van der Waals surface area (Å²) < 4.78 is 1.40. The van der Waals surface area contributed by atoms with E-state index in [1.54, 1.807) is 12.1 Å². The van der Waals surface area contributed by atoms with E-state index in [-0.39, 0.29) is 11.5 Å². The summed E-state index contributed by atoms with van der Waals surface area (Å²) in [5, 5.41) is 5.64. The van der Waals surface area contributed by atoms with Gasteiger partial charge in [-0.15, -0.1) is 0 Å². The van der Waals surface area contributed by atoms with Gasteiger partial charge in [0, 0.05) is 18.5 Å². The Morgan fingerprint density at radius 1 is 0.926 bits per heavy atom. The summed E-state index contributed by atoms with van der Waals surface area (Å²) in [7, 11) is 0. The minimum Gasteiger partial charge on any atom is -0.337 e. The molecular formula is C22H25N3O2. The van der Waals surface area contributed by atoms with E-state index in [0.717, 1.165) is 18.4 Å². The maximum absolute atomic E-state index is 13.2. The molecule has 140 valence electrons. The van der Waals surface area contributed by atoms with E-state index in [1.165, 1.54) is 4.68 Å². The summed E-state index contributed by atoms with van der Waals surface area (Å²) in [5.74, 6) is -0.114. The molecule has 5 heteroatoms. The Labute approximate surface area is 159 Å². The van der Waals surface area contributed by atoms with Crippen LogP contribution in [0.5, 0.6) is 0 Å². The highest BCUT2D eigenvalue weighted by Crippen LogP contribution is 2.16. The molecule has 3 aromatic rings. The van der Waals surface area contributed by atoms with E-state index in [2.05, 4.69) is 18.9 Å². The summed E-state index contributed by atoms with van der Waals surface area (Å²) in [5.41, 5.74) is 1.14. The maximum Gasteiger partial charge on any atom is 0.274 e. The molecule has 1 aromatic heterocycles. The van der Waals surface area contributed by atoms with E-state index in [1.807, 2.05) is 47.4 Å². The molecule has 0 unspecified atom stereocenters. The fraction of sp³-hybridized carbons (Fsp3) is 0.318. The lowest BCUT2D eigenvalue weighted by Gasteiger charge is -2.22. The van der Waals surface area contributed by atoms with Crippen molar-refractivity contribution in [3.05, 3.63) is 76.2 Å². The molecule has 0 aliphatic heterocycles. The predicted octanol–water partition coefficient (Wildman–Crippen LogP) is 3.71. The maximum atomic E-state index is 13.2. The van der Waals surface area contributed by atoms with Gasteiger partial charge in [0.25, 0.3) is 11.5 Å². The second-order valence-electron chi connectivity index (χ2n) is 6.63. The first-order valence-electron chi connectivity index (χ1n) is 9.48. The Bertz CT molecular complexity index is 974. The van der Waals surface area contributed by atoms with Gasteiger partial charge in [-0.1, -0.05) is 62.4 Å². The molecule has 0 radical (unpaired) electrons. The first-order valence-corrected chi connectivity index (χ1v) is 9.48. The third-order valence-electron chi connectivity index (χ3n) is 4.52. The molecular weight excluding hydrogens is 338 g/mol. The molecule has 3 rings (SSSR count). The van der Waals surface area contributed by atoms with Crippen molar-refractivity contribution in [3.8, 4) is 0 Å². The molecule has 0 saturated carbocycles. The van der Waals surface area contributed by atoms with Gasteiger partial charge in [-0.2, -0.15) is 5.10 Å². The first kappa shape index (κ1) is 18.8. The lowest BCUT2D eigenvalue weighted by Crippen LogP contribution is -2.35. The highest BCUT2D eigenvalue weighted by atomic mass is 16.2. The van der Waals surface area contributed by atoms with Crippen molar-refractivity contribution in [2.24, 2.45) is 0 Å². The highest BCUT2D eigenvalue weighted by Gasteiger charge is 2.21. The van der Waals surface area contributed by atoms with Crippen LogP contribution in [0.4, 0.5) is 0 Å². The topological polar surface area (TPSA) is 55.2 Å². The highest BCUT2D eigenvalue weighted by molar-refractivity contribution is 6.04. The summed E-state index contributed by atoms with van der Waals surface area (Å²) >= 11 is 0. The zero-order valence-corrected chi connectivity index (χ0v) is 15.9. The lowest BCUT2D eigenvalue weighted by molar-refractivity contribution is 0.0749. The second-order valence-corrected chi connectivity index (χ2v) is 6.63.